The second-order valence-corrected chi connectivity index (χ2v) is 8.31. The highest BCUT2D eigenvalue weighted by Gasteiger charge is 2.32. The zero-order chi connectivity index (χ0) is 19.6. The first kappa shape index (κ1) is 18.6. The predicted molar refractivity (Wildman–Crippen MR) is 108 cm³/mol. The Morgan fingerprint density at radius 2 is 2.11 bits per heavy atom. The zero-order valence-corrected chi connectivity index (χ0v) is 16.8. The van der Waals surface area contributed by atoms with Crippen molar-refractivity contribution >= 4 is 17.2 Å². The lowest BCUT2D eigenvalue weighted by Gasteiger charge is -2.22. The SMILES string of the molecule is CC1(C)Cc2cccc(OCC(=O)N(Cc3ccsc3)Cc3ccco3)c2O1. The first-order chi connectivity index (χ1) is 13.5. The van der Waals surface area contributed by atoms with Gasteiger partial charge in [0.05, 0.1) is 12.8 Å². The Labute approximate surface area is 168 Å². The van der Waals surface area contributed by atoms with E-state index in [2.05, 4.69) is 0 Å². The third kappa shape index (κ3) is 4.22. The highest BCUT2D eigenvalue weighted by Crippen LogP contribution is 2.41. The summed E-state index contributed by atoms with van der Waals surface area (Å²) in [6.07, 6.45) is 2.45. The van der Waals surface area contributed by atoms with E-state index < -0.39 is 0 Å². The van der Waals surface area contributed by atoms with Crippen LogP contribution in [0.5, 0.6) is 11.5 Å². The lowest BCUT2D eigenvalue weighted by Crippen LogP contribution is -2.34. The van der Waals surface area contributed by atoms with Crippen LogP contribution < -0.4 is 9.47 Å². The fourth-order valence-electron chi connectivity index (χ4n) is 3.36. The summed E-state index contributed by atoms with van der Waals surface area (Å²) < 4.78 is 17.3. The monoisotopic (exact) mass is 397 g/mol. The number of carbonyl (C=O) groups is 1. The second-order valence-electron chi connectivity index (χ2n) is 7.53. The standard InChI is InChI=1S/C22H23NO4S/c1-22(2)11-17-5-3-7-19(21(17)27-22)26-14-20(24)23(12-16-8-10-28-15-16)13-18-6-4-9-25-18/h3-10,15H,11-14H2,1-2H3. The van der Waals surface area contributed by atoms with Crippen LogP contribution in [0.2, 0.25) is 0 Å². The number of thiophene rings is 1. The minimum Gasteiger partial charge on any atom is -0.483 e. The number of hydrogen-bond acceptors (Lipinski definition) is 5. The Kier molecular flexibility index (Phi) is 5.13. The van der Waals surface area contributed by atoms with Gasteiger partial charge in [0.2, 0.25) is 0 Å². The average molecular weight is 397 g/mol. The maximum Gasteiger partial charge on any atom is 0.261 e. The molecule has 0 atom stereocenters. The first-order valence-corrected chi connectivity index (χ1v) is 10.2. The summed E-state index contributed by atoms with van der Waals surface area (Å²) in [4.78, 5) is 14.7. The highest BCUT2D eigenvalue weighted by atomic mass is 32.1. The molecule has 28 heavy (non-hydrogen) atoms. The van der Waals surface area contributed by atoms with Gasteiger partial charge in [-0.2, -0.15) is 11.3 Å². The van der Waals surface area contributed by atoms with Crippen LogP contribution >= 0.6 is 11.3 Å². The molecule has 6 heteroatoms. The van der Waals surface area contributed by atoms with Crippen molar-refractivity contribution in [3.8, 4) is 11.5 Å². The van der Waals surface area contributed by atoms with Gasteiger partial charge in [0.1, 0.15) is 11.4 Å². The number of furan rings is 1. The molecule has 4 rings (SSSR count). The maximum atomic E-state index is 12.9. The molecule has 1 aromatic carbocycles. The first-order valence-electron chi connectivity index (χ1n) is 9.25. The smallest absolute Gasteiger partial charge is 0.261 e. The fourth-order valence-corrected chi connectivity index (χ4v) is 4.02. The molecule has 0 spiro atoms. The molecule has 0 fully saturated rings. The van der Waals surface area contributed by atoms with E-state index in [-0.39, 0.29) is 18.1 Å². The molecule has 0 N–H and O–H groups in total. The van der Waals surface area contributed by atoms with Crippen molar-refractivity contribution in [2.75, 3.05) is 6.61 Å². The van der Waals surface area contributed by atoms with Crippen molar-refractivity contribution in [3.63, 3.8) is 0 Å². The van der Waals surface area contributed by atoms with Crippen molar-refractivity contribution in [2.24, 2.45) is 0 Å². The lowest BCUT2D eigenvalue weighted by atomic mass is 10.0. The van der Waals surface area contributed by atoms with Crippen LogP contribution in [0.1, 0.15) is 30.7 Å². The van der Waals surface area contributed by atoms with Crippen LogP contribution in [-0.4, -0.2) is 23.0 Å². The number of ether oxygens (including phenoxy) is 2. The van der Waals surface area contributed by atoms with Crippen LogP contribution in [0.15, 0.2) is 57.8 Å². The van der Waals surface area contributed by atoms with Gasteiger partial charge in [0.15, 0.2) is 18.1 Å². The van der Waals surface area contributed by atoms with Gasteiger partial charge in [-0.1, -0.05) is 12.1 Å². The lowest BCUT2D eigenvalue weighted by molar-refractivity contribution is -0.134. The Morgan fingerprint density at radius 3 is 2.86 bits per heavy atom. The molecule has 1 amide bonds. The molecule has 0 unspecified atom stereocenters. The van der Waals surface area contributed by atoms with Crippen molar-refractivity contribution in [1.82, 2.24) is 4.90 Å². The van der Waals surface area contributed by atoms with Crippen LogP contribution in [0, 0.1) is 0 Å². The number of nitrogens with zero attached hydrogens (tertiary/aromatic N) is 1. The van der Waals surface area contributed by atoms with Gasteiger partial charge < -0.3 is 18.8 Å². The van der Waals surface area contributed by atoms with Crippen molar-refractivity contribution in [3.05, 3.63) is 70.3 Å². The van der Waals surface area contributed by atoms with E-state index in [1.807, 2.05) is 61.0 Å². The van der Waals surface area contributed by atoms with Crippen LogP contribution in [0.3, 0.4) is 0 Å². The topological polar surface area (TPSA) is 51.9 Å². The van der Waals surface area contributed by atoms with Gasteiger partial charge in [-0.05, 0) is 54.4 Å². The quantitative estimate of drug-likeness (QED) is 0.582. The Balaban J connectivity index is 1.46. The van der Waals surface area contributed by atoms with E-state index >= 15 is 0 Å². The van der Waals surface area contributed by atoms with Gasteiger partial charge in [0.25, 0.3) is 5.91 Å². The van der Waals surface area contributed by atoms with Crippen LogP contribution in [0.4, 0.5) is 0 Å². The van der Waals surface area contributed by atoms with E-state index in [1.54, 1.807) is 22.5 Å². The Bertz CT molecular complexity index is 895. The molecule has 146 valence electrons. The van der Waals surface area contributed by atoms with Gasteiger partial charge in [0, 0.05) is 18.5 Å². The normalized spacial score (nSPS) is 14.4. The van der Waals surface area contributed by atoms with Gasteiger partial charge in [-0.25, -0.2) is 0 Å². The number of amides is 1. The molecular formula is C22H23NO4S. The van der Waals surface area contributed by atoms with Crippen molar-refractivity contribution in [1.29, 1.82) is 0 Å². The fraction of sp³-hybridized carbons (Fsp3) is 0.318. The molecular weight excluding hydrogens is 374 g/mol. The molecule has 3 heterocycles. The maximum absolute atomic E-state index is 12.9. The summed E-state index contributed by atoms with van der Waals surface area (Å²) in [5.41, 5.74) is 1.95. The minimum atomic E-state index is -0.254. The highest BCUT2D eigenvalue weighted by molar-refractivity contribution is 7.07. The summed E-state index contributed by atoms with van der Waals surface area (Å²) in [5.74, 6) is 2.01. The molecule has 0 bridgehead atoms. The Hall–Kier alpha value is -2.73. The predicted octanol–water partition coefficient (Wildman–Crippen LogP) is 4.66. The van der Waals surface area contributed by atoms with Gasteiger partial charge in [-0.15, -0.1) is 0 Å². The summed E-state index contributed by atoms with van der Waals surface area (Å²) in [5, 5.41) is 4.05. The van der Waals surface area contributed by atoms with E-state index in [0.29, 0.717) is 18.8 Å². The van der Waals surface area contributed by atoms with E-state index in [1.165, 1.54) is 0 Å². The number of benzene rings is 1. The summed E-state index contributed by atoms with van der Waals surface area (Å²) in [7, 11) is 0. The zero-order valence-electron chi connectivity index (χ0n) is 16.0. The van der Waals surface area contributed by atoms with Gasteiger partial charge >= 0.3 is 0 Å². The number of para-hydroxylation sites is 1. The van der Waals surface area contributed by atoms with Crippen LogP contribution in [-0.2, 0) is 24.3 Å². The van der Waals surface area contributed by atoms with Crippen LogP contribution in [0.25, 0.3) is 0 Å². The second kappa shape index (κ2) is 7.72. The molecule has 0 saturated carbocycles. The van der Waals surface area contributed by atoms with Crippen molar-refractivity contribution < 1.29 is 18.7 Å². The third-order valence-corrected chi connectivity index (χ3v) is 5.37. The molecule has 5 nitrogen and oxygen atoms in total. The average Bonchev–Trinajstić information content (AvgIpc) is 3.39. The molecule has 0 aliphatic carbocycles. The van der Waals surface area contributed by atoms with Gasteiger partial charge in [-0.3, -0.25) is 4.79 Å². The number of rotatable bonds is 7. The molecule has 1 aliphatic heterocycles. The van der Waals surface area contributed by atoms with E-state index in [4.69, 9.17) is 13.9 Å². The molecule has 3 aromatic rings. The van der Waals surface area contributed by atoms with Crippen molar-refractivity contribution in [2.45, 2.75) is 39.0 Å². The molecule has 0 radical (unpaired) electrons. The minimum absolute atomic E-state index is 0.0505. The number of hydrogen-bond donors (Lipinski definition) is 0. The van der Waals surface area contributed by atoms with E-state index in [9.17, 15) is 4.79 Å². The molecule has 1 aliphatic rings. The molecule has 2 aromatic heterocycles. The molecule has 0 saturated heterocycles. The number of carbonyl (C=O) groups excluding carboxylic acids is 1. The summed E-state index contributed by atoms with van der Waals surface area (Å²) in [6.45, 7) is 4.97. The summed E-state index contributed by atoms with van der Waals surface area (Å²) in [6, 6.07) is 11.5. The summed E-state index contributed by atoms with van der Waals surface area (Å²) >= 11 is 1.62. The third-order valence-electron chi connectivity index (χ3n) is 4.64. The number of fused-ring (bicyclic) bond motifs is 1. The largest absolute Gasteiger partial charge is 0.483 e. The Morgan fingerprint density at radius 1 is 1.21 bits per heavy atom. The van der Waals surface area contributed by atoms with E-state index in [0.717, 1.165) is 29.1 Å².